The molecule has 2 atom stereocenters. The second kappa shape index (κ2) is 15.7. The molecule has 0 radical (unpaired) electrons. The molecule has 0 bridgehead atoms. The van der Waals surface area contributed by atoms with Crippen molar-refractivity contribution in [1.82, 2.24) is 15.1 Å². The maximum atomic E-state index is 14.4. The summed E-state index contributed by atoms with van der Waals surface area (Å²) in [5, 5.41) is 2.85. The van der Waals surface area contributed by atoms with E-state index >= 15 is 0 Å². The van der Waals surface area contributed by atoms with Gasteiger partial charge in [0.2, 0.25) is 12.2 Å². The summed E-state index contributed by atoms with van der Waals surface area (Å²) in [6, 6.07) is 3.06. The molecule has 270 valence electrons. The Hall–Kier alpha value is -4.03. The molecule has 2 aliphatic carbocycles. The predicted molar refractivity (Wildman–Crippen MR) is 180 cm³/mol. The Kier molecular flexibility index (Phi) is 11.6. The number of hydrogen-bond acceptors (Lipinski definition) is 9. The largest absolute Gasteiger partial charge is 0.511 e. The number of rotatable bonds is 10. The lowest BCUT2D eigenvalue weighted by Gasteiger charge is -2.47. The number of benzene rings is 1. The van der Waals surface area contributed by atoms with Gasteiger partial charge in [-0.2, -0.15) is 0 Å². The second-order valence-corrected chi connectivity index (χ2v) is 14.0. The lowest BCUT2D eigenvalue weighted by atomic mass is 9.77. The number of fused-ring (bicyclic) bond motifs is 1. The van der Waals surface area contributed by atoms with E-state index in [1.54, 1.807) is 27.7 Å². The third kappa shape index (κ3) is 8.24. The van der Waals surface area contributed by atoms with Crippen LogP contribution >= 0.6 is 0 Å². The second-order valence-electron chi connectivity index (χ2n) is 14.0. The number of likely N-dealkylation sites (tertiary alicyclic amines) is 1. The SMILES string of the molecule is CCC(=O)NCCN1C(=O)C2(CCC2)Oc2cc(C)c(C(=O)N(C(C)C)[C@@H]3CCCN(C(=O)OC(C)OC(=O)OC4CCCCC4)C3)cc21. The highest BCUT2D eigenvalue weighted by atomic mass is 16.8. The van der Waals surface area contributed by atoms with Gasteiger partial charge in [-0.3, -0.25) is 14.4 Å². The molecule has 5 rings (SSSR count). The fourth-order valence-corrected chi connectivity index (χ4v) is 7.30. The molecule has 2 aliphatic heterocycles. The average Bonchev–Trinajstić information content (AvgIpc) is 3.04. The molecule has 2 saturated carbocycles. The number of nitrogens with zero attached hydrogens (tertiary/aromatic N) is 3. The zero-order valence-electron chi connectivity index (χ0n) is 29.6. The molecule has 3 fully saturated rings. The molecule has 4 aliphatic rings. The van der Waals surface area contributed by atoms with E-state index < -0.39 is 24.1 Å². The summed E-state index contributed by atoms with van der Waals surface area (Å²) >= 11 is 0. The Morgan fingerprint density at radius 1 is 1.02 bits per heavy atom. The van der Waals surface area contributed by atoms with Crippen molar-refractivity contribution in [3.8, 4) is 5.75 Å². The van der Waals surface area contributed by atoms with Crippen molar-refractivity contribution in [2.45, 2.75) is 135 Å². The third-order valence-corrected chi connectivity index (χ3v) is 10.1. The van der Waals surface area contributed by atoms with Crippen LogP contribution in [0.1, 0.15) is 114 Å². The molecule has 1 saturated heterocycles. The number of carbonyl (C=O) groups is 5. The zero-order valence-corrected chi connectivity index (χ0v) is 29.6. The summed E-state index contributed by atoms with van der Waals surface area (Å²) in [5.74, 6) is 0.0863. The summed E-state index contributed by atoms with van der Waals surface area (Å²) in [7, 11) is 0. The van der Waals surface area contributed by atoms with Crippen LogP contribution in [0.25, 0.3) is 0 Å². The smallest absolute Gasteiger partial charge is 0.475 e. The van der Waals surface area contributed by atoms with E-state index in [0.717, 1.165) is 44.1 Å². The maximum Gasteiger partial charge on any atom is 0.511 e. The van der Waals surface area contributed by atoms with Crippen molar-refractivity contribution in [3.05, 3.63) is 23.3 Å². The Morgan fingerprint density at radius 2 is 1.76 bits per heavy atom. The van der Waals surface area contributed by atoms with Crippen molar-refractivity contribution >= 4 is 35.7 Å². The van der Waals surface area contributed by atoms with Crippen molar-refractivity contribution in [1.29, 1.82) is 0 Å². The summed E-state index contributed by atoms with van der Waals surface area (Å²) in [6.07, 6.45) is 5.80. The van der Waals surface area contributed by atoms with Gasteiger partial charge < -0.3 is 39.0 Å². The molecule has 4 amide bonds. The molecule has 1 aromatic rings. The van der Waals surface area contributed by atoms with Crippen LogP contribution in [0.3, 0.4) is 0 Å². The molecule has 13 nitrogen and oxygen atoms in total. The molecular weight excluding hydrogens is 632 g/mol. The van der Waals surface area contributed by atoms with Gasteiger partial charge in [0.15, 0.2) is 5.60 Å². The summed E-state index contributed by atoms with van der Waals surface area (Å²) < 4.78 is 22.4. The number of nitrogens with one attached hydrogen (secondary N) is 1. The van der Waals surface area contributed by atoms with Gasteiger partial charge in [0.1, 0.15) is 11.9 Å². The van der Waals surface area contributed by atoms with Crippen molar-refractivity contribution < 1.29 is 42.9 Å². The first-order valence-electron chi connectivity index (χ1n) is 18.0. The number of piperidine rings is 1. The van der Waals surface area contributed by atoms with Crippen molar-refractivity contribution in [2.75, 3.05) is 31.1 Å². The fraction of sp³-hybridized carbons (Fsp3) is 0.694. The third-order valence-electron chi connectivity index (χ3n) is 10.1. The van der Waals surface area contributed by atoms with Crippen molar-refractivity contribution in [2.24, 2.45) is 0 Å². The Balaban J connectivity index is 1.28. The van der Waals surface area contributed by atoms with Gasteiger partial charge in [-0.15, -0.1) is 0 Å². The normalized spacial score (nSPS) is 20.9. The first-order valence-corrected chi connectivity index (χ1v) is 18.0. The molecule has 2 heterocycles. The van der Waals surface area contributed by atoms with Crippen LogP contribution in [0.2, 0.25) is 0 Å². The van der Waals surface area contributed by atoms with Crippen LogP contribution in [0.5, 0.6) is 5.75 Å². The van der Waals surface area contributed by atoms with Crippen LogP contribution in [0.4, 0.5) is 15.3 Å². The van der Waals surface area contributed by atoms with E-state index in [9.17, 15) is 24.0 Å². The fourth-order valence-electron chi connectivity index (χ4n) is 7.30. The van der Waals surface area contributed by atoms with Crippen LogP contribution in [-0.2, 0) is 23.8 Å². The number of hydrogen-bond donors (Lipinski definition) is 1. The minimum atomic E-state index is -1.13. The van der Waals surface area contributed by atoms with Gasteiger partial charge in [0, 0.05) is 51.1 Å². The van der Waals surface area contributed by atoms with E-state index in [4.69, 9.17) is 18.9 Å². The van der Waals surface area contributed by atoms with E-state index in [2.05, 4.69) is 5.32 Å². The van der Waals surface area contributed by atoms with Gasteiger partial charge in [-0.25, -0.2) is 9.59 Å². The highest BCUT2D eigenvalue weighted by molar-refractivity contribution is 6.05. The number of amides is 4. The highest BCUT2D eigenvalue weighted by Gasteiger charge is 2.52. The van der Waals surface area contributed by atoms with Crippen LogP contribution < -0.4 is 15.0 Å². The lowest BCUT2D eigenvalue weighted by Crippen LogP contribution is -2.61. The minimum absolute atomic E-state index is 0.101. The summed E-state index contributed by atoms with van der Waals surface area (Å²) in [4.78, 5) is 70.4. The zero-order chi connectivity index (χ0) is 35.3. The predicted octanol–water partition coefficient (Wildman–Crippen LogP) is 5.45. The van der Waals surface area contributed by atoms with Gasteiger partial charge in [-0.1, -0.05) is 13.3 Å². The molecule has 1 N–H and O–H groups in total. The van der Waals surface area contributed by atoms with Crippen LogP contribution in [-0.4, -0.2) is 96.0 Å². The van der Waals surface area contributed by atoms with E-state index in [-0.39, 0.29) is 55.5 Å². The van der Waals surface area contributed by atoms with Gasteiger partial charge >= 0.3 is 12.2 Å². The standard InChI is InChI=1S/C36H52N4O9/c1-6-31(41)37-17-19-39-29-21-28(24(4)20-30(29)49-36(33(39)43)15-11-16-36)32(42)40(23(2)3)26-12-10-18-38(22-26)34(44)46-25(5)47-35(45)48-27-13-8-7-9-14-27/h20-21,23,25-27H,6-19,22H2,1-5H3,(H,37,41)/t25?,26-/m1/s1. The van der Waals surface area contributed by atoms with Crippen LogP contribution in [0.15, 0.2) is 12.1 Å². The molecular formula is C36H52N4O9. The van der Waals surface area contributed by atoms with E-state index in [0.29, 0.717) is 55.6 Å². The number of anilines is 1. The Bertz CT molecular complexity index is 1400. The monoisotopic (exact) mass is 684 g/mol. The van der Waals surface area contributed by atoms with Gasteiger partial charge in [-0.05, 0) is 96.3 Å². The van der Waals surface area contributed by atoms with E-state index in [1.165, 1.54) is 6.92 Å². The number of aryl methyl sites for hydroxylation is 1. The maximum absolute atomic E-state index is 14.4. The lowest BCUT2D eigenvalue weighted by molar-refractivity contribution is -0.143. The van der Waals surface area contributed by atoms with Crippen LogP contribution in [0, 0.1) is 6.92 Å². The van der Waals surface area contributed by atoms with E-state index in [1.807, 2.05) is 26.8 Å². The highest BCUT2D eigenvalue weighted by Crippen LogP contribution is 2.47. The first-order chi connectivity index (χ1) is 23.4. The molecule has 1 unspecified atom stereocenters. The molecule has 13 heteroatoms. The van der Waals surface area contributed by atoms with Gasteiger partial charge in [0.05, 0.1) is 11.7 Å². The van der Waals surface area contributed by atoms with Crippen molar-refractivity contribution in [3.63, 3.8) is 0 Å². The molecule has 1 spiro atoms. The van der Waals surface area contributed by atoms with Gasteiger partial charge in [0.25, 0.3) is 11.8 Å². The Morgan fingerprint density at radius 3 is 2.41 bits per heavy atom. The summed E-state index contributed by atoms with van der Waals surface area (Å²) in [6.45, 7) is 10.2. The molecule has 0 aromatic heterocycles. The average molecular weight is 685 g/mol. The number of ether oxygens (including phenoxy) is 4. The minimum Gasteiger partial charge on any atom is -0.475 e. The quantitative estimate of drug-likeness (QED) is 0.251. The Labute approximate surface area is 288 Å². The topological polar surface area (TPSA) is 144 Å². The molecule has 49 heavy (non-hydrogen) atoms. The number of carbonyl (C=O) groups excluding carboxylic acids is 5. The summed E-state index contributed by atoms with van der Waals surface area (Å²) in [5.41, 5.74) is 0.767. The first kappa shape index (κ1) is 36.3. The molecule has 1 aromatic carbocycles.